The van der Waals surface area contributed by atoms with Gasteiger partial charge >= 0.3 is 0 Å². The Hall–Kier alpha value is -2.75. The minimum Gasteiger partial charge on any atom is -0.487 e. The number of carbonyl (C=O) groups is 1. The van der Waals surface area contributed by atoms with Gasteiger partial charge in [-0.05, 0) is 58.4 Å². The van der Waals surface area contributed by atoms with Crippen molar-refractivity contribution >= 4 is 37.5 Å². The second-order valence-electron chi connectivity index (χ2n) is 6.52. The molecule has 0 bridgehead atoms. The van der Waals surface area contributed by atoms with Crippen LogP contribution in [0.4, 0.5) is 5.69 Å². The summed E-state index contributed by atoms with van der Waals surface area (Å²) in [6.07, 6.45) is 1.69. The number of anilines is 1. The zero-order valence-electron chi connectivity index (χ0n) is 16.4. The second kappa shape index (κ2) is 9.38. The van der Waals surface area contributed by atoms with Crippen LogP contribution < -0.4 is 10.1 Å². The Kier molecular flexibility index (Phi) is 6.86. The molecule has 0 aliphatic carbocycles. The normalized spacial score (nSPS) is 11.3. The van der Waals surface area contributed by atoms with Crippen LogP contribution >= 0.6 is 15.9 Å². The highest BCUT2D eigenvalue weighted by atomic mass is 79.9. The van der Waals surface area contributed by atoms with E-state index in [-0.39, 0.29) is 10.5 Å². The standard InChI is InChI=1S/C21H20BrN3O4S/c1-25(2)30(27,28)20-12-15(9-10-19(20)22)21(26)24-16-7-5-8-18(13-16)29-14-17-6-3-4-11-23-17/h3-13H,14H2,1-2H3,(H,24,26). The van der Waals surface area contributed by atoms with Crippen LogP contribution in [0.15, 0.2) is 76.2 Å². The van der Waals surface area contributed by atoms with Crippen LogP contribution in [0.2, 0.25) is 0 Å². The summed E-state index contributed by atoms with van der Waals surface area (Å²) in [6.45, 7) is 0.302. The molecule has 30 heavy (non-hydrogen) atoms. The summed E-state index contributed by atoms with van der Waals surface area (Å²) in [5, 5.41) is 2.77. The van der Waals surface area contributed by atoms with Crippen molar-refractivity contribution in [3.8, 4) is 5.75 Å². The van der Waals surface area contributed by atoms with Crippen LogP contribution in [0.1, 0.15) is 16.1 Å². The first-order chi connectivity index (χ1) is 14.3. The average molecular weight is 490 g/mol. The molecule has 0 atom stereocenters. The van der Waals surface area contributed by atoms with Crippen molar-refractivity contribution in [2.24, 2.45) is 0 Å². The first-order valence-corrected chi connectivity index (χ1v) is 11.2. The molecule has 2 aromatic carbocycles. The third kappa shape index (κ3) is 5.24. The van der Waals surface area contributed by atoms with Crippen molar-refractivity contribution in [1.82, 2.24) is 9.29 Å². The molecular formula is C21H20BrN3O4S. The first-order valence-electron chi connectivity index (χ1n) is 8.93. The summed E-state index contributed by atoms with van der Waals surface area (Å²) in [5.74, 6) is 0.143. The molecule has 9 heteroatoms. The van der Waals surface area contributed by atoms with E-state index in [9.17, 15) is 13.2 Å². The van der Waals surface area contributed by atoms with E-state index in [1.54, 1.807) is 36.5 Å². The van der Waals surface area contributed by atoms with Gasteiger partial charge in [0, 0.05) is 42.1 Å². The second-order valence-corrected chi connectivity index (χ2v) is 9.50. The van der Waals surface area contributed by atoms with Gasteiger partial charge in [0.15, 0.2) is 0 Å². The Labute approximate surface area is 183 Å². The largest absolute Gasteiger partial charge is 0.487 e. The Balaban J connectivity index is 1.75. The molecule has 0 aliphatic rings. The summed E-state index contributed by atoms with van der Waals surface area (Å²) in [5.41, 5.74) is 1.54. The zero-order chi connectivity index (χ0) is 21.7. The predicted molar refractivity (Wildman–Crippen MR) is 118 cm³/mol. The number of aromatic nitrogens is 1. The minimum atomic E-state index is -3.70. The van der Waals surface area contributed by atoms with Gasteiger partial charge in [-0.15, -0.1) is 0 Å². The number of rotatable bonds is 7. The van der Waals surface area contributed by atoms with E-state index in [0.29, 0.717) is 22.5 Å². The van der Waals surface area contributed by atoms with Crippen molar-refractivity contribution in [1.29, 1.82) is 0 Å². The number of nitrogens with one attached hydrogen (secondary N) is 1. The van der Waals surface area contributed by atoms with E-state index in [1.165, 1.54) is 26.2 Å². The molecule has 1 aromatic heterocycles. The number of hydrogen-bond acceptors (Lipinski definition) is 5. The Morgan fingerprint density at radius 3 is 2.60 bits per heavy atom. The zero-order valence-corrected chi connectivity index (χ0v) is 18.8. The van der Waals surface area contributed by atoms with Crippen molar-refractivity contribution in [2.45, 2.75) is 11.5 Å². The Morgan fingerprint density at radius 2 is 1.90 bits per heavy atom. The maximum atomic E-state index is 12.7. The molecule has 1 N–H and O–H groups in total. The molecule has 0 unspecified atom stereocenters. The van der Waals surface area contributed by atoms with Gasteiger partial charge in [0.2, 0.25) is 10.0 Å². The molecule has 0 saturated heterocycles. The third-order valence-electron chi connectivity index (χ3n) is 4.16. The van der Waals surface area contributed by atoms with Gasteiger partial charge in [0.25, 0.3) is 5.91 Å². The van der Waals surface area contributed by atoms with Crippen molar-refractivity contribution < 1.29 is 17.9 Å². The van der Waals surface area contributed by atoms with Crippen LogP contribution in [0.25, 0.3) is 0 Å². The monoisotopic (exact) mass is 489 g/mol. The summed E-state index contributed by atoms with van der Waals surface area (Å²) in [4.78, 5) is 16.9. The van der Waals surface area contributed by atoms with Gasteiger partial charge in [-0.2, -0.15) is 0 Å². The van der Waals surface area contributed by atoms with Gasteiger partial charge in [-0.1, -0.05) is 12.1 Å². The third-order valence-corrected chi connectivity index (χ3v) is 6.97. The van der Waals surface area contributed by atoms with Crippen molar-refractivity contribution in [3.63, 3.8) is 0 Å². The number of hydrogen-bond donors (Lipinski definition) is 1. The minimum absolute atomic E-state index is 0.0209. The molecular weight excluding hydrogens is 470 g/mol. The SMILES string of the molecule is CN(C)S(=O)(=O)c1cc(C(=O)Nc2cccc(OCc3ccccn3)c2)ccc1Br. The van der Waals surface area contributed by atoms with Gasteiger partial charge in [-0.3, -0.25) is 9.78 Å². The lowest BCUT2D eigenvalue weighted by Gasteiger charge is -2.14. The highest BCUT2D eigenvalue weighted by Crippen LogP contribution is 2.26. The van der Waals surface area contributed by atoms with E-state index in [0.717, 1.165) is 10.00 Å². The quantitative estimate of drug-likeness (QED) is 0.543. The lowest BCUT2D eigenvalue weighted by atomic mass is 10.2. The molecule has 0 fully saturated rings. The number of pyridine rings is 1. The van der Waals surface area contributed by atoms with E-state index < -0.39 is 15.9 Å². The van der Waals surface area contributed by atoms with Gasteiger partial charge < -0.3 is 10.1 Å². The number of ether oxygens (including phenoxy) is 1. The number of halogens is 1. The van der Waals surface area contributed by atoms with Crippen LogP contribution in [0, 0.1) is 0 Å². The molecule has 0 aliphatic heterocycles. The van der Waals surface area contributed by atoms with Crippen LogP contribution in [-0.4, -0.2) is 37.7 Å². The first kappa shape index (κ1) is 21.9. The van der Waals surface area contributed by atoms with Gasteiger partial charge in [0.05, 0.1) is 10.6 Å². The fourth-order valence-corrected chi connectivity index (χ4v) is 4.39. The van der Waals surface area contributed by atoms with Crippen LogP contribution in [-0.2, 0) is 16.6 Å². The summed E-state index contributed by atoms with van der Waals surface area (Å²) < 4.78 is 32.1. The van der Waals surface area contributed by atoms with Crippen molar-refractivity contribution in [3.05, 3.63) is 82.6 Å². The average Bonchev–Trinajstić information content (AvgIpc) is 2.73. The fraction of sp³-hybridized carbons (Fsp3) is 0.143. The van der Waals surface area contributed by atoms with Crippen LogP contribution in [0.5, 0.6) is 5.75 Å². The Bertz CT molecular complexity index is 1150. The highest BCUT2D eigenvalue weighted by Gasteiger charge is 2.22. The molecule has 3 aromatic rings. The lowest BCUT2D eigenvalue weighted by molar-refractivity contribution is 0.102. The fourth-order valence-electron chi connectivity index (χ4n) is 2.55. The van der Waals surface area contributed by atoms with E-state index >= 15 is 0 Å². The molecule has 0 radical (unpaired) electrons. The lowest BCUT2D eigenvalue weighted by Crippen LogP contribution is -2.23. The number of nitrogens with zero attached hydrogens (tertiary/aromatic N) is 2. The maximum Gasteiger partial charge on any atom is 0.255 e. The maximum absolute atomic E-state index is 12.7. The molecule has 156 valence electrons. The molecule has 1 heterocycles. The molecule has 1 amide bonds. The number of benzene rings is 2. The van der Waals surface area contributed by atoms with E-state index in [2.05, 4.69) is 26.2 Å². The molecule has 3 rings (SSSR count). The predicted octanol–water partition coefficient (Wildman–Crippen LogP) is 3.93. The number of sulfonamides is 1. The Morgan fingerprint density at radius 1 is 1.10 bits per heavy atom. The van der Waals surface area contributed by atoms with Gasteiger partial charge in [-0.25, -0.2) is 12.7 Å². The summed E-state index contributed by atoms with van der Waals surface area (Å²) >= 11 is 3.24. The van der Waals surface area contributed by atoms with Gasteiger partial charge in [0.1, 0.15) is 12.4 Å². The number of carbonyl (C=O) groups excluding carboxylic acids is 1. The smallest absolute Gasteiger partial charge is 0.255 e. The number of amides is 1. The van der Waals surface area contributed by atoms with E-state index in [4.69, 9.17) is 4.74 Å². The molecule has 0 spiro atoms. The molecule has 7 nitrogen and oxygen atoms in total. The summed E-state index contributed by atoms with van der Waals surface area (Å²) in [6, 6.07) is 17.0. The highest BCUT2D eigenvalue weighted by molar-refractivity contribution is 9.10. The van der Waals surface area contributed by atoms with Crippen molar-refractivity contribution in [2.75, 3.05) is 19.4 Å². The summed E-state index contributed by atoms with van der Waals surface area (Å²) in [7, 11) is -0.825. The molecule has 0 saturated carbocycles. The van der Waals surface area contributed by atoms with E-state index in [1.807, 2.05) is 18.2 Å². The topological polar surface area (TPSA) is 88.6 Å². The van der Waals surface area contributed by atoms with Crippen LogP contribution in [0.3, 0.4) is 0 Å².